The molecule has 0 bridgehead atoms. The second-order valence-corrected chi connectivity index (χ2v) is 3.49. The van der Waals surface area contributed by atoms with Crippen molar-refractivity contribution in [2.45, 2.75) is 19.8 Å². The summed E-state index contributed by atoms with van der Waals surface area (Å²) >= 11 is 0. The quantitative estimate of drug-likeness (QED) is 0.552. The van der Waals surface area contributed by atoms with Crippen molar-refractivity contribution < 1.29 is 0 Å². The van der Waals surface area contributed by atoms with E-state index in [2.05, 4.69) is 30.1 Å². The zero-order valence-corrected chi connectivity index (χ0v) is 7.33. The summed E-state index contributed by atoms with van der Waals surface area (Å²) < 4.78 is 0. The fourth-order valence-electron chi connectivity index (χ4n) is 1.60. The Morgan fingerprint density at radius 3 is 3.08 bits per heavy atom. The molecule has 62 valence electrons. The minimum Gasteiger partial charge on any atom is -0.261 e. The number of hydrogen-bond acceptors (Lipinski definition) is 1. The maximum Gasteiger partial charge on any atom is 0.0657 e. The van der Waals surface area contributed by atoms with Crippen LogP contribution < -0.4 is 0 Å². The molecule has 1 aromatic rings. The second kappa shape index (κ2) is 3.10. The van der Waals surface area contributed by atoms with Crippen LogP contribution in [0.3, 0.4) is 0 Å². The fraction of sp³-hybridized carbons (Fsp3) is 0.364. The maximum atomic E-state index is 4.41. The molecule has 1 unspecified atom stereocenters. The van der Waals surface area contributed by atoms with Crippen LogP contribution in [0.25, 0.3) is 0 Å². The van der Waals surface area contributed by atoms with E-state index in [0.29, 0.717) is 0 Å². The van der Waals surface area contributed by atoms with Crippen LogP contribution >= 0.6 is 0 Å². The van der Waals surface area contributed by atoms with E-state index in [1.165, 1.54) is 5.56 Å². The van der Waals surface area contributed by atoms with Crippen molar-refractivity contribution in [2.75, 3.05) is 0 Å². The summed E-state index contributed by atoms with van der Waals surface area (Å²) in [7, 11) is 0. The van der Waals surface area contributed by atoms with Gasteiger partial charge in [0.2, 0.25) is 0 Å². The van der Waals surface area contributed by atoms with Crippen molar-refractivity contribution in [1.29, 1.82) is 0 Å². The van der Waals surface area contributed by atoms with Gasteiger partial charge in [-0.3, -0.25) is 4.99 Å². The first-order valence-electron chi connectivity index (χ1n) is 4.46. The van der Waals surface area contributed by atoms with Crippen LogP contribution in [0, 0.1) is 5.92 Å². The Labute approximate surface area is 73.1 Å². The van der Waals surface area contributed by atoms with Gasteiger partial charge in [-0.1, -0.05) is 25.1 Å². The summed E-state index contributed by atoms with van der Waals surface area (Å²) in [5.74, 6) is 0.734. The van der Waals surface area contributed by atoms with E-state index >= 15 is 0 Å². The van der Waals surface area contributed by atoms with Crippen LogP contribution in [-0.2, 0) is 6.42 Å². The molecule has 1 aromatic carbocycles. The number of hydrogen-bond donors (Lipinski definition) is 0. The average molecular weight is 159 g/mol. The van der Waals surface area contributed by atoms with E-state index in [9.17, 15) is 0 Å². The van der Waals surface area contributed by atoms with Crippen molar-refractivity contribution in [3.8, 4) is 0 Å². The highest BCUT2D eigenvalue weighted by Crippen LogP contribution is 2.25. The zero-order valence-electron chi connectivity index (χ0n) is 7.33. The normalized spacial score (nSPS) is 21.6. The summed E-state index contributed by atoms with van der Waals surface area (Å²) in [5.41, 5.74) is 2.54. The Bertz CT molecular complexity index is 302. The molecule has 1 aliphatic heterocycles. The van der Waals surface area contributed by atoms with Crippen molar-refractivity contribution >= 4 is 11.9 Å². The van der Waals surface area contributed by atoms with Crippen molar-refractivity contribution in [3.63, 3.8) is 0 Å². The van der Waals surface area contributed by atoms with Gasteiger partial charge in [0.1, 0.15) is 0 Å². The molecule has 0 fully saturated rings. The fourth-order valence-corrected chi connectivity index (χ4v) is 1.60. The Balaban J connectivity index is 2.41. The van der Waals surface area contributed by atoms with E-state index in [1.54, 1.807) is 0 Å². The Morgan fingerprint density at radius 2 is 2.17 bits per heavy atom. The molecule has 1 aliphatic rings. The third-order valence-corrected chi connectivity index (χ3v) is 2.30. The smallest absolute Gasteiger partial charge is 0.0657 e. The molecule has 0 amide bonds. The maximum absolute atomic E-state index is 4.41. The molecule has 0 aliphatic carbocycles. The first-order valence-corrected chi connectivity index (χ1v) is 4.46. The molecule has 12 heavy (non-hydrogen) atoms. The van der Waals surface area contributed by atoms with Gasteiger partial charge < -0.3 is 0 Å². The predicted octanol–water partition coefficient (Wildman–Crippen LogP) is 2.97. The van der Waals surface area contributed by atoms with E-state index in [0.717, 1.165) is 24.4 Å². The SMILES string of the molecule is CC1CC=Nc2ccccc2C1. The molecular weight excluding hydrogens is 146 g/mol. The van der Waals surface area contributed by atoms with Crippen molar-refractivity contribution in [1.82, 2.24) is 0 Å². The highest BCUT2D eigenvalue weighted by atomic mass is 14.7. The third-order valence-electron chi connectivity index (χ3n) is 2.30. The highest BCUT2D eigenvalue weighted by molar-refractivity contribution is 5.66. The molecule has 0 radical (unpaired) electrons. The first-order chi connectivity index (χ1) is 5.86. The summed E-state index contributed by atoms with van der Waals surface area (Å²) in [5, 5.41) is 0. The number of nitrogens with zero attached hydrogens (tertiary/aromatic N) is 1. The third kappa shape index (κ3) is 1.40. The Kier molecular flexibility index (Phi) is 1.94. The van der Waals surface area contributed by atoms with Gasteiger partial charge in [0.15, 0.2) is 0 Å². The predicted molar refractivity (Wildman–Crippen MR) is 52.1 cm³/mol. The van der Waals surface area contributed by atoms with E-state index < -0.39 is 0 Å². The largest absolute Gasteiger partial charge is 0.261 e. The highest BCUT2D eigenvalue weighted by Gasteiger charge is 2.08. The van der Waals surface area contributed by atoms with Crippen LogP contribution in [0.5, 0.6) is 0 Å². The molecule has 0 spiro atoms. The Morgan fingerprint density at radius 1 is 1.33 bits per heavy atom. The molecule has 1 heteroatoms. The molecule has 0 aromatic heterocycles. The zero-order chi connectivity index (χ0) is 8.39. The van der Waals surface area contributed by atoms with E-state index in [1.807, 2.05) is 12.3 Å². The van der Waals surface area contributed by atoms with Gasteiger partial charge in [-0.25, -0.2) is 0 Å². The van der Waals surface area contributed by atoms with Crippen LogP contribution in [0.4, 0.5) is 5.69 Å². The van der Waals surface area contributed by atoms with Gasteiger partial charge in [-0.2, -0.15) is 0 Å². The topological polar surface area (TPSA) is 12.4 Å². The minimum atomic E-state index is 0.734. The van der Waals surface area contributed by atoms with Crippen molar-refractivity contribution in [3.05, 3.63) is 29.8 Å². The minimum absolute atomic E-state index is 0.734. The lowest BCUT2D eigenvalue weighted by molar-refractivity contribution is 0.616. The molecule has 1 atom stereocenters. The number of fused-ring (bicyclic) bond motifs is 1. The number of aliphatic imine (C=N–C) groups is 1. The number of benzene rings is 1. The average Bonchev–Trinajstić information content (AvgIpc) is 2.25. The van der Waals surface area contributed by atoms with Gasteiger partial charge in [0.05, 0.1) is 5.69 Å². The van der Waals surface area contributed by atoms with Crippen LogP contribution in [0.15, 0.2) is 29.3 Å². The van der Waals surface area contributed by atoms with Gasteiger partial charge in [0, 0.05) is 6.21 Å². The van der Waals surface area contributed by atoms with Gasteiger partial charge in [0.25, 0.3) is 0 Å². The van der Waals surface area contributed by atoms with E-state index in [4.69, 9.17) is 0 Å². The lowest BCUT2D eigenvalue weighted by atomic mass is 9.99. The molecule has 2 rings (SSSR count). The summed E-state index contributed by atoms with van der Waals surface area (Å²) in [6.45, 7) is 2.27. The number of para-hydroxylation sites is 1. The molecule has 0 saturated carbocycles. The molecular formula is C11H13N. The van der Waals surface area contributed by atoms with Gasteiger partial charge in [-0.15, -0.1) is 0 Å². The summed E-state index contributed by atoms with van der Waals surface area (Å²) in [6.07, 6.45) is 4.31. The van der Waals surface area contributed by atoms with Crippen molar-refractivity contribution in [2.24, 2.45) is 10.9 Å². The van der Waals surface area contributed by atoms with Gasteiger partial charge >= 0.3 is 0 Å². The Hall–Kier alpha value is -1.11. The molecule has 0 N–H and O–H groups in total. The van der Waals surface area contributed by atoms with Crippen LogP contribution in [0.1, 0.15) is 18.9 Å². The number of rotatable bonds is 0. The second-order valence-electron chi connectivity index (χ2n) is 3.49. The molecule has 0 saturated heterocycles. The summed E-state index contributed by atoms with van der Waals surface area (Å²) in [6, 6.07) is 8.40. The molecule has 1 nitrogen and oxygen atoms in total. The van der Waals surface area contributed by atoms with Gasteiger partial charge in [-0.05, 0) is 30.4 Å². The lowest BCUT2D eigenvalue weighted by Gasteiger charge is -2.06. The van der Waals surface area contributed by atoms with E-state index in [-0.39, 0.29) is 0 Å². The molecule has 1 heterocycles. The van der Waals surface area contributed by atoms with Crippen LogP contribution in [-0.4, -0.2) is 6.21 Å². The first kappa shape index (κ1) is 7.53. The van der Waals surface area contributed by atoms with Crippen LogP contribution in [0.2, 0.25) is 0 Å². The standard InChI is InChI=1S/C11H13N/c1-9-6-7-12-11-5-3-2-4-10(11)8-9/h2-5,7,9H,6,8H2,1H3. The monoisotopic (exact) mass is 159 g/mol. The lowest BCUT2D eigenvalue weighted by Crippen LogP contribution is -1.97. The summed E-state index contributed by atoms with van der Waals surface area (Å²) in [4.78, 5) is 4.41.